The average Bonchev–Trinajstić information content (AvgIpc) is 3.34. The van der Waals surface area contributed by atoms with Gasteiger partial charge in [0.1, 0.15) is 12.3 Å². The molecule has 3 aromatic rings. The van der Waals surface area contributed by atoms with Crippen LogP contribution in [0.3, 0.4) is 0 Å². The molecule has 1 aliphatic heterocycles. The molecular weight excluding hydrogens is 607 g/mol. The molecule has 13 heteroatoms. The molecule has 0 unspecified atom stereocenters. The highest BCUT2D eigenvalue weighted by molar-refractivity contribution is 9.10. The Morgan fingerprint density at radius 2 is 1.85 bits per heavy atom. The molecule has 2 atom stereocenters. The summed E-state index contributed by atoms with van der Waals surface area (Å²) in [6.45, 7) is -1.27. The molecule has 1 amide bonds. The summed E-state index contributed by atoms with van der Waals surface area (Å²) in [6.07, 6.45) is -5.57. The molecule has 0 spiro atoms. The van der Waals surface area contributed by atoms with Crippen molar-refractivity contribution in [2.75, 3.05) is 19.8 Å². The zero-order valence-corrected chi connectivity index (χ0v) is 23.1. The Hall–Kier alpha value is -4.06. The average molecular weight is 632 g/mol. The lowest BCUT2D eigenvalue weighted by molar-refractivity contribution is -0.143. The molecule has 0 fully saturated rings. The minimum Gasteiger partial charge on any atom is -0.494 e. The van der Waals surface area contributed by atoms with E-state index in [9.17, 15) is 18.0 Å². The van der Waals surface area contributed by atoms with Crippen LogP contribution in [0.15, 0.2) is 87.4 Å². The number of carbonyl (C=O) groups excluding carboxylic acids is 1. The molecule has 2 N–H and O–H groups in total. The highest BCUT2D eigenvalue weighted by Crippen LogP contribution is 2.45. The van der Waals surface area contributed by atoms with Gasteiger partial charge < -0.3 is 19.9 Å². The van der Waals surface area contributed by atoms with Crippen LogP contribution < -0.4 is 10.1 Å². The number of amides is 1. The number of halogens is 4. The fourth-order valence-corrected chi connectivity index (χ4v) is 4.62. The molecule has 3 aromatic carbocycles. The lowest BCUT2D eigenvalue weighted by atomic mass is 9.81. The van der Waals surface area contributed by atoms with Gasteiger partial charge >= 0.3 is 6.18 Å². The zero-order chi connectivity index (χ0) is 29.5. The standard InChI is InChI=1S/C28H25BrF3N5O4/c29-20-10-6-18(7-11-20)16-27(26(39)34-17-28(30,31)32)24(22-4-1-2-5-23(22)36-37-33)41-25(35-27)19-8-12-21(13-9-19)40-15-3-14-38/h1-2,4-13,24,38H,3,14-17H2,(H,34,39)/t24-,27-/m1/s1. The van der Waals surface area contributed by atoms with Gasteiger partial charge in [-0.25, -0.2) is 4.99 Å². The van der Waals surface area contributed by atoms with Crippen LogP contribution in [-0.2, 0) is 16.0 Å². The molecule has 0 saturated carbocycles. The summed E-state index contributed by atoms with van der Waals surface area (Å²) in [4.78, 5) is 21.3. The van der Waals surface area contributed by atoms with Crippen molar-refractivity contribution >= 4 is 33.4 Å². The lowest BCUT2D eigenvalue weighted by Crippen LogP contribution is -2.51. The number of aliphatic imine (C=N–C) groups is 1. The van der Waals surface area contributed by atoms with Gasteiger partial charge in [-0.2, -0.15) is 13.2 Å². The Kier molecular flexibility index (Phi) is 9.53. The van der Waals surface area contributed by atoms with E-state index in [1.165, 1.54) is 6.07 Å². The number of ether oxygens (including phenoxy) is 2. The maximum atomic E-state index is 13.8. The van der Waals surface area contributed by atoms with E-state index in [1.54, 1.807) is 66.7 Å². The highest BCUT2D eigenvalue weighted by atomic mass is 79.9. The van der Waals surface area contributed by atoms with Gasteiger partial charge in [-0.15, -0.1) is 0 Å². The number of azide groups is 1. The number of benzene rings is 3. The fourth-order valence-electron chi connectivity index (χ4n) is 4.35. The van der Waals surface area contributed by atoms with Crippen molar-refractivity contribution in [2.45, 2.75) is 30.7 Å². The molecule has 0 radical (unpaired) electrons. The van der Waals surface area contributed by atoms with E-state index >= 15 is 0 Å². The van der Waals surface area contributed by atoms with Gasteiger partial charge in [-0.05, 0) is 47.5 Å². The van der Waals surface area contributed by atoms with E-state index < -0.39 is 30.3 Å². The van der Waals surface area contributed by atoms with E-state index in [2.05, 4.69) is 30.9 Å². The van der Waals surface area contributed by atoms with Crippen molar-refractivity contribution < 1.29 is 32.5 Å². The number of nitrogens with zero attached hydrogens (tertiary/aromatic N) is 4. The second-order valence-electron chi connectivity index (χ2n) is 9.14. The summed E-state index contributed by atoms with van der Waals surface area (Å²) >= 11 is 3.36. The first kappa shape index (κ1) is 29.9. The van der Waals surface area contributed by atoms with E-state index in [-0.39, 0.29) is 30.2 Å². The normalized spacial score (nSPS) is 18.2. The van der Waals surface area contributed by atoms with Crippen LogP contribution in [0.25, 0.3) is 10.4 Å². The third-order valence-electron chi connectivity index (χ3n) is 6.24. The van der Waals surface area contributed by atoms with Crippen LogP contribution in [0.2, 0.25) is 0 Å². The quantitative estimate of drug-likeness (QED) is 0.111. The summed E-state index contributed by atoms with van der Waals surface area (Å²) in [5, 5.41) is 14.7. The van der Waals surface area contributed by atoms with Gasteiger partial charge in [-0.3, -0.25) is 4.79 Å². The predicted octanol–water partition coefficient (Wildman–Crippen LogP) is 6.33. The van der Waals surface area contributed by atoms with Crippen LogP contribution in [0.5, 0.6) is 5.75 Å². The first-order valence-corrected chi connectivity index (χ1v) is 13.3. The Bertz CT molecular complexity index is 1440. The topological polar surface area (TPSA) is 129 Å². The van der Waals surface area contributed by atoms with Gasteiger partial charge in [0.15, 0.2) is 11.6 Å². The molecule has 214 valence electrons. The number of nitrogens with one attached hydrogen (secondary N) is 1. The molecular formula is C28H25BrF3N5O4. The highest BCUT2D eigenvalue weighted by Gasteiger charge is 2.54. The van der Waals surface area contributed by atoms with Crippen LogP contribution >= 0.6 is 15.9 Å². The molecule has 0 aromatic heterocycles. The number of aliphatic hydroxyl groups is 1. The minimum atomic E-state index is -4.66. The van der Waals surface area contributed by atoms with Crippen molar-refractivity contribution in [3.8, 4) is 5.75 Å². The number of hydrogen-bond donors (Lipinski definition) is 2. The summed E-state index contributed by atoms with van der Waals surface area (Å²) in [6, 6.07) is 19.9. The molecule has 0 aliphatic carbocycles. The van der Waals surface area contributed by atoms with Crippen molar-refractivity contribution in [2.24, 2.45) is 10.1 Å². The van der Waals surface area contributed by atoms with Gasteiger partial charge in [0, 0.05) is 45.6 Å². The zero-order valence-electron chi connectivity index (χ0n) is 21.5. The van der Waals surface area contributed by atoms with Crippen molar-refractivity contribution in [1.29, 1.82) is 0 Å². The molecule has 9 nitrogen and oxygen atoms in total. The fraction of sp³-hybridized carbons (Fsp3) is 0.286. The van der Waals surface area contributed by atoms with E-state index in [0.717, 1.165) is 4.47 Å². The van der Waals surface area contributed by atoms with E-state index in [4.69, 9.17) is 20.1 Å². The Balaban J connectivity index is 1.83. The Labute approximate surface area is 241 Å². The van der Waals surface area contributed by atoms with Crippen LogP contribution in [0.1, 0.15) is 29.2 Å². The van der Waals surface area contributed by atoms with Crippen molar-refractivity contribution in [3.63, 3.8) is 0 Å². The predicted molar refractivity (Wildman–Crippen MR) is 149 cm³/mol. The largest absolute Gasteiger partial charge is 0.494 e. The van der Waals surface area contributed by atoms with Gasteiger partial charge in [0.2, 0.25) is 5.90 Å². The summed E-state index contributed by atoms with van der Waals surface area (Å²) in [5.41, 5.74) is 8.75. The Morgan fingerprint density at radius 3 is 2.51 bits per heavy atom. The van der Waals surface area contributed by atoms with Crippen LogP contribution in [0.4, 0.5) is 18.9 Å². The van der Waals surface area contributed by atoms with E-state index in [0.29, 0.717) is 29.9 Å². The number of hydrogen-bond acceptors (Lipinski definition) is 6. The number of alkyl halides is 3. The summed E-state index contributed by atoms with van der Waals surface area (Å²) in [7, 11) is 0. The monoisotopic (exact) mass is 631 g/mol. The number of carbonyl (C=O) groups is 1. The smallest absolute Gasteiger partial charge is 0.405 e. The first-order chi connectivity index (χ1) is 19.6. The molecule has 1 aliphatic rings. The SMILES string of the molecule is [N-]=[N+]=Nc1ccccc1[C@H]1OC(c2ccc(OCCCO)cc2)=N[C@@]1(Cc1ccc(Br)cc1)C(=O)NCC(F)(F)F. The number of rotatable bonds is 11. The second-order valence-corrected chi connectivity index (χ2v) is 10.1. The van der Waals surface area contributed by atoms with Gasteiger partial charge in [0.25, 0.3) is 5.91 Å². The van der Waals surface area contributed by atoms with Crippen molar-refractivity contribution in [1.82, 2.24) is 5.32 Å². The molecule has 0 bridgehead atoms. The minimum absolute atomic E-state index is 0.0156. The maximum absolute atomic E-state index is 13.8. The summed E-state index contributed by atoms with van der Waals surface area (Å²) < 4.78 is 52.2. The molecule has 41 heavy (non-hydrogen) atoms. The Morgan fingerprint density at radius 1 is 1.15 bits per heavy atom. The third-order valence-corrected chi connectivity index (χ3v) is 6.77. The van der Waals surface area contributed by atoms with Gasteiger partial charge in [0.05, 0.1) is 6.61 Å². The van der Waals surface area contributed by atoms with Crippen LogP contribution in [-0.4, -0.2) is 48.4 Å². The number of aliphatic hydroxyl groups excluding tert-OH is 1. The maximum Gasteiger partial charge on any atom is 0.405 e. The molecule has 4 rings (SSSR count). The molecule has 0 saturated heterocycles. The van der Waals surface area contributed by atoms with E-state index in [1.807, 2.05) is 5.32 Å². The lowest BCUT2D eigenvalue weighted by Gasteiger charge is -2.31. The third kappa shape index (κ3) is 7.37. The first-order valence-electron chi connectivity index (χ1n) is 12.5. The second kappa shape index (κ2) is 13.1. The van der Waals surface area contributed by atoms with Gasteiger partial charge in [-0.1, -0.05) is 57.4 Å². The van der Waals surface area contributed by atoms with Crippen LogP contribution in [0, 0.1) is 0 Å². The molecule has 1 heterocycles. The summed E-state index contributed by atoms with van der Waals surface area (Å²) in [5.74, 6) is -0.459. The van der Waals surface area contributed by atoms with Crippen molar-refractivity contribution in [3.05, 3.63) is 104 Å².